The number of carbonyl (C=O) groups is 1. The van der Waals surface area contributed by atoms with Gasteiger partial charge in [-0.2, -0.15) is 4.39 Å². The summed E-state index contributed by atoms with van der Waals surface area (Å²) in [6, 6.07) is 2.98. The van der Waals surface area contributed by atoms with Gasteiger partial charge in [0.2, 0.25) is 5.82 Å². The predicted molar refractivity (Wildman–Crippen MR) is 130 cm³/mol. The number of esters is 1. The molecule has 0 aliphatic heterocycles. The Morgan fingerprint density at radius 3 is 2.06 bits per heavy atom. The van der Waals surface area contributed by atoms with Gasteiger partial charge in [-0.05, 0) is 80.8 Å². The Kier molecular flexibility index (Phi) is 10.7. The van der Waals surface area contributed by atoms with Gasteiger partial charge < -0.3 is 4.74 Å². The normalized spacial score (nSPS) is 25.7. The molecule has 2 nitrogen and oxygen atoms in total. The first kappa shape index (κ1) is 26.2. The number of carbonyl (C=O) groups excluding carboxylic acids is 1. The summed E-state index contributed by atoms with van der Waals surface area (Å²) in [5, 5.41) is 0. The lowest BCUT2D eigenvalue weighted by Gasteiger charge is -2.37. The van der Waals surface area contributed by atoms with E-state index in [1.165, 1.54) is 57.4 Å². The van der Waals surface area contributed by atoms with Crippen molar-refractivity contribution in [3.05, 3.63) is 29.3 Å². The van der Waals surface area contributed by atoms with Gasteiger partial charge in [0, 0.05) is 0 Å². The zero-order valence-corrected chi connectivity index (χ0v) is 20.9. The second-order valence-electron chi connectivity index (χ2n) is 10.6. The van der Waals surface area contributed by atoms with Gasteiger partial charge in [-0.25, -0.2) is 4.39 Å². The third-order valence-electron chi connectivity index (χ3n) is 8.27. The van der Waals surface area contributed by atoms with Crippen LogP contribution >= 0.6 is 0 Å². The van der Waals surface area contributed by atoms with Crippen molar-refractivity contribution in [2.24, 2.45) is 23.7 Å². The first-order chi connectivity index (χ1) is 16.0. The Balaban J connectivity index is 1.43. The van der Waals surface area contributed by atoms with Crippen LogP contribution in [0.1, 0.15) is 116 Å². The van der Waals surface area contributed by atoms with E-state index >= 15 is 0 Å². The van der Waals surface area contributed by atoms with Crippen LogP contribution in [0.5, 0.6) is 5.75 Å². The van der Waals surface area contributed by atoms with E-state index in [-0.39, 0.29) is 11.7 Å². The van der Waals surface area contributed by atoms with E-state index in [0.29, 0.717) is 17.9 Å². The number of aryl methyl sites for hydroxylation is 1. The Morgan fingerprint density at radius 2 is 1.42 bits per heavy atom. The van der Waals surface area contributed by atoms with Crippen LogP contribution in [0, 0.1) is 35.3 Å². The van der Waals surface area contributed by atoms with Crippen molar-refractivity contribution >= 4 is 5.97 Å². The molecule has 186 valence electrons. The van der Waals surface area contributed by atoms with Crippen LogP contribution in [-0.2, 0) is 11.2 Å². The summed E-state index contributed by atoms with van der Waals surface area (Å²) in [6.45, 7) is 4.34. The van der Waals surface area contributed by atoms with Gasteiger partial charge in [-0.1, -0.05) is 71.3 Å². The highest BCUT2D eigenvalue weighted by Gasteiger charge is 2.34. The van der Waals surface area contributed by atoms with Crippen LogP contribution in [0.2, 0.25) is 0 Å². The molecule has 2 aliphatic carbocycles. The molecule has 0 saturated heterocycles. The minimum Gasteiger partial charge on any atom is -0.423 e. The van der Waals surface area contributed by atoms with Crippen molar-refractivity contribution in [2.75, 3.05) is 0 Å². The van der Waals surface area contributed by atoms with E-state index < -0.39 is 17.6 Å². The first-order valence-electron chi connectivity index (χ1n) is 13.7. The highest BCUT2D eigenvalue weighted by Crippen LogP contribution is 2.42. The van der Waals surface area contributed by atoms with Crippen LogP contribution < -0.4 is 4.74 Å². The molecule has 0 radical (unpaired) electrons. The van der Waals surface area contributed by atoms with Crippen molar-refractivity contribution in [1.29, 1.82) is 0 Å². The smallest absolute Gasteiger partial charge is 0.314 e. The van der Waals surface area contributed by atoms with Crippen LogP contribution in [0.15, 0.2) is 12.1 Å². The van der Waals surface area contributed by atoms with Crippen molar-refractivity contribution in [1.82, 2.24) is 0 Å². The van der Waals surface area contributed by atoms with Crippen LogP contribution in [0.4, 0.5) is 8.78 Å². The summed E-state index contributed by atoms with van der Waals surface area (Å²) in [5.74, 6) is -0.318. The summed E-state index contributed by atoms with van der Waals surface area (Å²) in [4.78, 5) is 12.7. The van der Waals surface area contributed by atoms with Gasteiger partial charge in [0.1, 0.15) is 0 Å². The molecule has 0 bridgehead atoms. The zero-order valence-electron chi connectivity index (χ0n) is 20.9. The highest BCUT2D eigenvalue weighted by molar-refractivity contribution is 5.75. The molecule has 0 amide bonds. The molecule has 4 heteroatoms. The second-order valence-corrected chi connectivity index (χ2v) is 10.6. The van der Waals surface area contributed by atoms with Gasteiger partial charge in [0.05, 0.1) is 5.92 Å². The Morgan fingerprint density at radius 1 is 0.818 bits per heavy atom. The van der Waals surface area contributed by atoms with Crippen molar-refractivity contribution in [3.63, 3.8) is 0 Å². The molecule has 1 aromatic carbocycles. The van der Waals surface area contributed by atoms with E-state index in [1.54, 1.807) is 6.07 Å². The molecule has 0 heterocycles. The molecule has 2 saturated carbocycles. The molecular formula is C29H44F2O2. The van der Waals surface area contributed by atoms with E-state index in [4.69, 9.17) is 4.74 Å². The molecule has 0 aromatic heterocycles. The average molecular weight is 463 g/mol. The van der Waals surface area contributed by atoms with Gasteiger partial charge in [-0.15, -0.1) is 0 Å². The zero-order chi connectivity index (χ0) is 23.6. The van der Waals surface area contributed by atoms with E-state index in [9.17, 15) is 13.6 Å². The molecular weight excluding hydrogens is 418 g/mol. The number of hydrogen-bond acceptors (Lipinski definition) is 2. The summed E-state index contributed by atoms with van der Waals surface area (Å²) in [6.07, 6.45) is 17.9. The van der Waals surface area contributed by atoms with Gasteiger partial charge in [-0.3, -0.25) is 4.79 Å². The Labute approximate surface area is 199 Å². The monoisotopic (exact) mass is 462 g/mol. The SMILES string of the molecule is CCCCCc1ccc(OC(=O)C2CCC(C3CCC(CCCCC)CC3)CC2)c(F)c1F. The third kappa shape index (κ3) is 7.52. The average Bonchev–Trinajstić information content (AvgIpc) is 2.84. The minimum atomic E-state index is -1.03. The predicted octanol–water partition coefficient (Wildman–Crippen LogP) is 8.80. The quantitative estimate of drug-likeness (QED) is 0.187. The maximum Gasteiger partial charge on any atom is 0.314 e. The number of unbranched alkanes of at least 4 members (excludes halogenated alkanes) is 4. The van der Waals surface area contributed by atoms with Crippen LogP contribution in [-0.4, -0.2) is 5.97 Å². The first-order valence-corrected chi connectivity index (χ1v) is 13.7. The summed E-state index contributed by atoms with van der Waals surface area (Å²) in [7, 11) is 0. The molecule has 2 fully saturated rings. The van der Waals surface area contributed by atoms with Crippen molar-refractivity contribution in [2.45, 2.75) is 117 Å². The topological polar surface area (TPSA) is 26.3 Å². The lowest BCUT2D eigenvalue weighted by atomic mass is 9.68. The van der Waals surface area contributed by atoms with E-state index in [2.05, 4.69) is 13.8 Å². The Bertz CT molecular complexity index is 731. The molecule has 33 heavy (non-hydrogen) atoms. The fourth-order valence-electron chi connectivity index (χ4n) is 6.06. The number of halogens is 2. The summed E-state index contributed by atoms with van der Waals surface area (Å²) < 4.78 is 34.2. The highest BCUT2D eigenvalue weighted by atomic mass is 19.2. The minimum absolute atomic E-state index is 0.196. The van der Waals surface area contributed by atoms with Crippen molar-refractivity contribution in [3.8, 4) is 5.75 Å². The molecule has 0 N–H and O–H groups in total. The second kappa shape index (κ2) is 13.4. The van der Waals surface area contributed by atoms with E-state index in [1.807, 2.05) is 0 Å². The largest absolute Gasteiger partial charge is 0.423 e. The lowest BCUT2D eigenvalue weighted by molar-refractivity contribution is -0.140. The molecule has 0 spiro atoms. The maximum absolute atomic E-state index is 14.5. The van der Waals surface area contributed by atoms with Gasteiger partial charge in [0.25, 0.3) is 0 Å². The fourth-order valence-corrected chi connectivity index (χ4v) is 6.06. The molecule has 0 unspecified atom stereocenters. The molecule has 1 aromatic rings. The third-order valence-corrected chi connectivity index (χ3v) is 8.27. The van der Waals surface area contributed by atoms with Gasteiger partial charge >= 0.3 is 5.97 Å². The number of ether oxygens (including phenoxy) is 1. The lowest BCUT2D eigenvalue weighted by Crippen LogP contribution is -2.30. The fraction of sp³-hybridized carbons (Fsp3) is 0.759. The number of hydrogen-bond donors (Lipinski definition) is 0. The molecule has 2 aliphatic rings. The maximum atomic E-state index is 14.5. The standard InChI is InChI=1S/C29H44F2O2/c1-3-5-7-9-21-11-13-22(14-12-21)23-15-17-25(18-16-23)29(32)33-26-20-19-24(10-8-6-4-2)27(30)28(26)31/h19-23,25H,3-18H2,1-2H3. The van der Waals surface area contributed by atoms with Crippen LogP contribution in [0.3, 0.4) is 0 Å². The number of benzene rings is 1. The summed E-state index contributed by atoms with van der Waals surface area (Å²) in [5.41, 5.74) is 0.362. The van der Waals surface area contributed by atoms with E-state index in [0.717, 1.165) is 56.8 Å². The molecule has 0 atom stereocenters. The van der Waals surface area contributed by atoms with Gasteiger partial charge in [0.15, 0.2) is 11.6 Å². The number of rotatable bonds is 11. The van der Waals surface area contributed by atoms with Crippen LogP contribution in [0.25, 0.3) is 0 Å². The molecule has 3 rings (SSSR count). The Hall–Kier alpha value is -1.45. The summed E-state index contributed by atoms with van der Waals surface area (Å²) >= 11 is 0. The van der Waals surface area contributed by atoms with Crippen molar-refractivity contribution < 1.29 is 18.3 Å².